The first kappa shape index (κ1) is 24.6. The molecule has 2 aliphatic heterocycles. The fraction of sp³-hybridized carbons (Fsp3) is 0.500. The van der Waals surface area contributed by atoms with E-state index in [4.69, 9.17) is 14.2 Å². The van der Waals surface area contributed by atoms with Gasteiger partial charge in [0.15, 0.2) is 11.5 Å². The average molecular weight is 494 g/mol. The Labute approximate surface area is 212 Å². The summed E-state index contributed by atoms with van der Waals surface area (Å²) in [5.41, 5.74) is 2.05. The van der Waals surface area contributed by atoms with Crippen LogP contribution >= 0.6 is 0 Å². The van der Waals surface area contributed by atoms with Crippen LogP contribution in [0.1, 0.15) is 36.8 Å². The van der Waals surface area contributed by atoms with Gasteiger partial charge in [-0.3, -0.25) is 14.5 Å². The van der Waals surface area contributed by atoms with Crippen molar-refractivity contribution in [1.29, 1.82) is 0 Å². The Morgan fingerprint density at radius 2 is 1.69 bits per heavy atom. The average Bonchev–Trinajstić information content (AvgIpc) is 3.61. The summed E-state index contributed by atoms with van der Waals surface area (Å²) in [5.74, 6) is 1.91. The quantitative estimate of drug-likeness (QED) is 0.579. The summed E-state index contributed by atoms with van der Waals surface area (Å²) >= 11 is 0. The number of hydrogen-bond acceptors (Lipinski definition) is 6. The Hall–Kier alpha value is -3.10. The van der Waals surface area contributed by atoms with Crippen molar-refractivity contribution in [3.8, 4) is 11.5 Å². The third-order valence-corrected chi connectivity index (χ3v) is 7.42. The van der Waals surface area contributed by atoms with Gasteiger partial charge in [-0.25, -0.2) is 0 Å². The van der Waals surface area contributed by atoms with E-state index in [1.807, 2.05) is 53.4 Å². The van der Waals surface area contributed by atoms with E-state index in [1.54, 1.807) is 0 Å². The molecule has 192 valence electrons. The largest absolute Gasteiger partial charge is 0.454 e. The van der Waals surface area contributed by atoms with Crippen molar-refractivity contribution in [2.45, 2.75) is 44.9 Å². The van der Waals surface area contributed by atoms with Crippen LogP contribution in [-0.4, -0.2) is 67.2 Å². The molecule has 0 radical (unpaired) electrons. The third-order valence-electron chi connectivity index (χ3n) is 7.42. The molecule has 1 saturated heterocycles. The van der Waals surface area contributed by atoms with Gasteiger partial charge in [0.25, 0.3) is 0 Å². The van der Waals surface area contributed by atoms with Crippen molar-refractivity contribution >= 4 is 11.8 Å². The monoisotopic (exact) mass is 493 g/mol. The number of carbonyl (C=O) groups excluding carboxylic acids is 2. The maximum Gasteiger partial charge on any atom is 0.248 e. The summed E-state index contributed by atoms with van der Waals surface area (Å²) < 4.78 is 16.5. The van der Waals surface area contributed by atoms with Crippen LogP contribution in [0, 0.1) is 5.92 Å². The SMILES string of the molecule is O=C(NCc1ccc2c(c1)OCO2)C(C1CCCC1)N1CCN(C(=O)COCc2ccccc2)CC1. The van der Waals surface area contributed by atoms with Crippen LogP contribution < -0.4 is 14.8 Å². The van der Waals surface area contributed by atoms with Crippen LogP contribution in [0.5, 0.6) is 11.5 Å². The fourth-order valence-corrected chi connectivity index (χ4v) is 5.47. The fourth-order valence-electron chi connectivity index (χ4n) is 5.47. The van der Waals surface area contributed by atoms with Gasteiger partial charge in [0.1, 0.15) is 6.61 Å². The number of rotatable bonds is 9. The van der Waals surface area contributed by atoms with Gasteiger partial charge in [0.05, 0.1) is 12.6 Å². The van der Waals surface area contributed by atoms with Crippen molar-refractivity contribution in [2.75, 3.05) is 39.6 Å². The molecule has 1 saturated carbocycles. The van der Waals surface area contributed by atoms with E-state index in [1.165, 1.54) is 12.8 Å². The molecule has 2 aromatic carbocycles. The Balaban J connectivity index is 1.13. The van der Waals surface area contributed by atoms with Gasteiger partial charge in [0.2, 0.25) is 18.6 Å². The van der Waals surface area contributed by atoms with Crippen LogP contribution in [-0.2, 0) is 27.5 Å². The van der Waals surface area contributed by atoms with E-state index >= 15 is 0 Å². The zero-order valence-electron chi connectivity index (χ0n) is 20.7. The molecular weight excluding hydrogens is 458 g/mol. The predicted molar refractivity (Wildman–Crippen MR) is 134 cm³/mol. The minimum atomic E-state index is -0.159. The Bertz CT molecular complexity index is 1030. The second kappa shape index (κ2) is 11.8. The number of hydrogen-bond donors (Lipinski definition) is 1. The Kier molecular flexibility index (Phi) is 8.03. The summed E-state index contributed by atoms with van der Waals surface area (Å²) in [6.45, 7) is 3.83. The molecule has 0 aromatic heterocycles. The van der Waals surface area contributed by atoms with Crippen molar-refractivity contribution in [2.24, 2.45) is 5.92 Å². The molecule has 1 unspecified atom stereocenters. The first-order chi connectivity index (χ1) is 17.7. The molecule has 0 bridgehead atoms. The predicted octanol–water partition coefficient (Wildman–Crippen LogP) is 2.95. The van der Waals surface area contributed by atoms with E-state index in [-0.39, 0.29) is 31.3 Å². The second-order valence-corrected chi connectivity index (χ2v) is 9.79. The highest BCUT2D eigenvalue weighted by Gasteiger charge is 2.37. The lowest BCUT2D eigenvalue weighted by atomic mass is 9.95. The van der Waals surface area contributed by atoms with Crippen LogP contribution in [0.3, 0.4) is 0 Å². The first-order valence-corrected chi connectivity index (χ1v) is 13.0. The first-order valence-electron chi connectivity index (χ1n) is 13.0. The highest BCUT2D eigenvalue weighted by molar-refractivity contribution is 5.82. The Morgan fingerprint density at radius 3 is 2.47 bits per heavy atom. The maximum absolute atomic E-state index is 13.4. The van der Waals surface area contributed by atoms with Crippen molar-refractivity contribution in [3.63, 3.8) is 0 Å². The number of ether oxygens (including phenoxy) is 3. The Morgan fingerprint density at radius 1 is 0.944 bits per heavy atom. The van der Waals surface area contributed by atoms with Crippen LogP contribution in [0.15, 0.2) is 48.5 Å². The van der Waals surface area contributed by atoms with Gasteiger partial charge in [-0.1, -0.05) is 49.2 Å². The number of nitrogens with one attached hydrogen (secondary N) is 1. The molecule has 2 fully saturated rings. The second-order valence-electron chi connectivity index (χ2n) is 9.79. The number of benzene rings is 2. The molecule has 2 aromatic rings. The van der Waals surface area contributed by atoms with Gasteiger partial charge >= 0.3 is 0 Å². The van der Waals surface area contributed by atoms with Gasteiger partial charge < -0.3 is 24.4 Å². The lowest BCUT2D eigenvalue weighted by Gasteiger charge is -2.40. The van der Waals surface area contributed by atoms with E-state index in [2.05, 4.69) is 10.2 Å². The third kappa shape index (κ3) is 5.99. The molecule has 2 heterocycles. The van der Waals surface area contributed by atoms with Gasteiger partial charge in [0, 0.05) is 32.7 Å². The number of piperazine rings is 1. The molecule has 5 rings (SSSR count). The molecule has 0 spiro atoms. The minimum Gasteiger partial charge on any atom is -0.454 e. The topological polar surface area (TPSA) is 80.3 Å². The van der Waals surface area contributed by atoms with E-state index in [0.29, 0.717) is 45.2 Å². The van der Waals surface area contributed by atoms with Crippen LogP contribution in [0.4, 0.5) is 0 Å². The lowest BCUT2D eigenvalue weighted by Crippen LogP contribution is -2.58. The molecule has 3 aliphatic rings. The molecule has 8 heteroatoms. The van der Waals surface area contributed by atoms with Crippen LogP contribution in [0.25, 0.3) is 0 Å². The molecule has 1 N–H and O–H groups in total. The standard InChI is InChI=1S/C28H35N3O5/c32-26(19-34-18-21-6-2-1-3-7-21)30-12-14-31(15-13-30)27(23-8-4-5-9-23)28(33)29-17-22-10-11-24-25(16-22)36-20-35-24/h1-3,6-7,10-11,16,23,27H,4-5,8-9,12-15,17-20H2,(H,29,33). The number of amides is 2. The van der Waals surface area contributed by atoms with Crippen molar-refractivity contribution < 1.29 is 23.8 Å². The number of carbonyl (C=O) groups is 2. The van der Waals surface area contributed by atoms with Crippen molar-refractivity contribution in [3.05, 3.63) is 59.7 Å². The normalized spacial score (nSPS) is 18.8. The van der Waals surface area contributed by atoms with Crippen LogP contribution in [0.2, 0.25) is 0 Å². The highest BCUT2D eigenvalue weighted by Crippen LogP contribution is 2.33. The van der Waals surface area contributed by atoms with E-state index in [9.17, 15) is 9.59 Å². The zero-order valence-corrected chi connectivity index (χ0v) is 20.7. The molecular formula is C28H35N3O5. The zero-order chi connectivity index (χ0) is 24.7. The van der Waals surface area contributed by atoms with E-state index in [0.717, 1.165) is 35.5 Å². The molecule has 1 atom stereocenters. The number of fused-ring (bicyclic) bond motifs is 1. The van der Waals surface area contributed by atoms with Gasteiger partial charge in [-0.05, 0) is 42.0 Å². The molecule has 8 nitrogen and oxygen atoms in total. The highest BCUT2D eigenvalue weighted by atomic mass is 16.7. The number of nitrogens with zero attached hydrogens (tertiary/aromatic N) is 2. The van der Waals surface area contributed by atoms with Crippen molar-refractivity contribution in [1.82, 2.24) is 15.1 Å². The van der Waals surface area contributed by atoms with Gasteiger partial charge in [-0.15, -0.1) is 0 Å². The maximum atomic E-state index is 13.4. The van der Waals surface area contributed by atoms with Gasteiger partial charge in [-0.2, -0.15) is 0 Å². The summed E-state index contributed by atoms with van der Waals surface area (Å²) in [5, 5.41) is 3.16. The molecule has 1 aliphatic carbocycles. The summed E-state index contributed by atoms with van der Waals surface area (Å²) in [4.78, 5) is 30.2. The lowest BCUT2D eigenvalue weighted by molar-refractivity contribution is -0.139. The van der Waals surface area contributed by atoms with E-state index < -0.39 is 0 Å². The minimum absolute atomic E-state index is 0.00950. The molecule has 2 amide bonds. The smallest absolute Gasteiger partial charge is 0.248 e. The summed E-state index contributed by atoms with van der Waals surface area (Å²) in [6.07, 6.45) is 4.50. The molecule has 36 heavy (non-hydrogen) atoms. The summed E-state index contributed by atoms with van der Waals surface area (Å²) in [6, 6.07) is 15.5. The summed E-state index contributed by atoms with van der Waals surface area (Å²) in [7, 11) is 0.